The molecule has 2 aliphatic rings. The van der Waals surface area contributed by atoms with Crippen LogP contribution in [0.25, 0.3) is 10.9 Å². The Hall–Kier alpha value is -1.72. The number of hydrogen-bond donors (Lipinski definition) is 1. The van der Waals surface area contributed by atoms with Crippen LogP contribution in [0, 0.1) is 12.3 Å². The number of nitrogens with zero attached hydrogens (tertiary/aromatic N) is 4. The van der Waals surface area contributed by atoms with E-state index in [-0.39, 0.29) is 5.41 Å². The second-order valence-corrected chi connectivity index (χ2v) is 7.43. The van der Waals surface area contributed by atoms with E-state index in [9.17, 15) is 5.11 Å². The van der Waals surface area contributed by atoms with Gasteiger partial charge in [-0.15, -0.1) is 0 Å². The zero-order valence-electron chi connectivity index (χ0n) is 14.6. The fourth-order valence-corrected chi connectivity index (χ4v) is 4.62. The molecule has 4 rings (SSSR count). The summed E-state index contributed by atoms with van der Waals surface area (Å²) in [5.41, 5.74) is 1.07. The molecule has 5 heteroatoms. The van der Waals surface area contributed by atoms with Gasteiger partial charge in [-0.3, -0.25) is 0 Å². The lowest BCUT2D eigenvalue weighted by atomic mass is 9.69. The minimum absolute atomic E-state index is 0.0569. The Kier molecular flexibility index (Phi) is 3.93. The quantitative estimate of drug-likeness (QED) is 0.917. The van der Waals surface area contributed by atoms with Gasteiger partial charge in [0, 0.05) is 29.9 Å². The first kappa shape index (κ1) is 15.8. The van der Waals surface area contributed by atoms with Crippen LogP contribution in [0.1, 0.15) is 25.1 Å². The highest BCUT2D eigenvalue weighted by molar-refractivity contribution is 5.89. The van der Waals surface area contributed by atoms with E-state index < -0.39 is 0 Å². The maximum atomic E-state index is 10.1. The number of rotatable bonds is 2. The smallest absolute Gasteiger partial charge is 0.140 e. The third-order valence-corrected chi connectivity index (χ3v) is 6.01. The van der Waals surface area contributed by atoms with E-state index in [4.69, 9.17) is 4.98 Å². The summed E-state index contributed by atoms with van der Waals surface area (Å²) in [6.07, 6.45) is 3.34. The van der Waals surface area contributed by atoms with Gasteiger partial charge in [0.05, 0.1) is 12.1 Å². The number of benzene rings is 1. The first-order valence-electron chi connectivity index (χ1n) is 8.92. The third kappa shape index (κ3) is 2.47. The lowest BCUT2D eigenvalue weighted by molar-refractivity contribution is -0.0277. The van der Waals surface area contributed by atoms with Crippen LogP contribution < -0.4 is 4.90 Å². The standard InChI is InChI=1S/C19H26N4O/c1-14-20-16-7-4-3-6-15(16)18(21-14)23-11-9-19(13-24)8-5-10-22(2)17(19)12-23/h3-4,6-7,17,24H,5,8-13H2,1-2H3/t17-,19-/m1/s1. The lowest BCUT2D eigenvalue weighted by Gasteiger charge is -2.53. The Morgan fingerprint density at radius 1 is 1.21 bits per heavy atom. The number of likely N-dealkylation sites (N-methyl/N-ethyl adjacent to an activating group) is 1. The molecule has 5 nitrogen and oxygen atoms in total. The summed E-state index contributed by atoms with van der Waals surface area (Å²) < 4.78 is 0. The summed E-state index contributed by atoms with van der Waals surface area (Å²) in [5, 5.41) is 11.2. The van der Waals surface area contributed by atoms with Gasteiger partial charge < -0.3 is 14.9 Å². The molecule has 1 aromatic carbocycles. The molecule has 2 atom stereocenters. The molecule has 2 aromatic rings. The van der Waals surface area contributed by atoms with Crippen LogP contribution >= 0.6 is 0 Å². The Labute approximate surface area is 143 Å². The van der Waals surface area contributed by atoms with Crippen LogP contribution in [-0.4, -0.2) is 59.3 Å². The fourth-order valence-electron chi connectivity index (χ4n) is 4.62. The highest BCUT2D eigenvalue weighted by atomic mass is 16.3. The predicted octanol–water partition coefficient (Wildman–Crippen LogP) is 2.22. The van der Waals surface area contributed by atoms with Crippen LogP contribution in [-0.2, 0) is 0 Å². The second-order valence-electron chi connectivity index (χ2n) is 7.43. The molecule has 1 N–H and O–H groups in total. The molecular weight excluding hydrogens is 300 g/mol. The molecule has 3 heterocycles. The van der Waals surface area contributed by atoms with E-state index in [0.29, 0.717) is 12.6 Å². The van der Waals surface area contributed by atoms with Gasteiger partial charge in [0.1, 0.15) is 11.6 Å². The normalized spacial score (nSPS) is 28.1. The third-order valence-electron chi connectivity index (χ3n) is 6.01. The van der Waals surface area contributed by atoms with E-state index in [1.807, 2.05) is 13.0 Å². The van der Waals surface area contributed by atoms with E-state index in [2.05, 4.69) is 40.0 Å². The minimum atomic E-state index is 0.0569. The first-order chi connectivity index (χ1) is 11.6. The summed E-state index contributed by atoms with van der Waals surface area (Å²) in [7, 11) is 2.20. The SMILES string of the molecule is Cc1nc(N2CC[C@@]3(CO)CCCN(C)[C@@H]3C2)c2ccccc2n1. The lowest BCUT2D eigenvalue weighted by Crippen LogP contribution is -2.61. The van der Waals surface area contributed by atoms with Crippen LogP contribution in [0.5, 0.6) is 0 Å². The molecular formula is C19H26N4O. The number of fused-ring (bicyclic) bond motifs is 2. The average molecular weight is 326 g/mol. The van der Waals surface area contributed by atoms with Crippen molar-refractivity contribution < 1.29 is 5.11 Å². The summed E-state index contributed by atoms with van der Waals surface area (Å²) in [6, 6.07) is 8.64. The highest BCUT2D eigenvalue weighted by Crippen LogP contribution is 2.42. The molecule has 0 amide bonds. The molecule has 128 valence electrons. The monoisotopic (exact) mass is 326 g/mol. The molecule has 2 aliphatic heterocycles. The predicted molar refractivity (Wildman–Crippen MR) is 96.3 cm³/mol. The van der Waals surface area contributed by atoms with Gasteiger partial charge in [0.15, 0.2) is 0 Å². The molecule has 0 unspecified atom stereocenters. The Morgan fingerprint density at radius 3 is 2.88 bits per heavy atom. The zero-order valence-corrected chi connectivity index (χ0v) is 14.6. The van der Waals surface area contributed by atoms with Gasteiger partial charge in [0.25, 0.3) is 0 Å². The maximum absolute atomic E-state index is 10.1. The summed E-state index contributed by atoms with van der Waals surface area (Å²) in [5.74, 6) is 1.86. The van der Waals surface area contributed by atoms with E-state index in [0.717, 1.165) is 55.0 Å². The van der Waals surface area contributed by atoms with Gasteiger partial charge in [-0.1, -0.05) is 12.1 Å². The van der Waals surface area contributed by atoms with Crippen molar-refractivity contribution in [2.75, 3.05) is 38.2 Å². The molecule has 1 aromatic heterocycles. The second kappa shape index (κ2) is 5.97. The van der Waals surface area contributed by atoms with Gasteiger partial charge >= 0.3 is 0 Å². The number of aryl methyl sites for hydroxylation is 1. The van der Waals surface area contributed by atoms with E-state index >= 15 is 0 Å². The molecule has 24 heavy (non-hydrogen) atoms. The molecule has 2 saturated heterocycles. The van der Waals surface area contributed by atoms with Crippen LogP contribution in [0.15, 0.2) is 24.3 Å². The molecule has 0 aliphatic carbocycles. The zero-order chi connectivity index (χ0) is 16.7. The number of aromatic nitrogens is 2. The van der Waals surface area contributed by atoms with Crippen LogP contribution in [0.3, 0.4) is 0 Å². The van der Waals surface area contributed by atoms with Gasteiger partial charge in [0.2, 0.25) is 0 Å². The van der Waals surface area contributed by atoms with Crippen molar-refractivity contribution in [3.63, 3.8) is 0 Å². The fraction of sp³-hybridized carbons (Fsp3) is 0.579. The van der Waals surface area contributed by atoms with Gasteiger partial charge in [-0.25, -0.2) is 9.97 Å². The molecule has 0 radical (unpaired) electrons. The van der Waals surface area contributed by atoms with Crippen molar-refractivity contribution in [2.45, 2.75) is 32.2 Å². The van der Waals surface area contributed by atoms with Gasteiger partial charge in [-0.05, 0) is 51.9 Å². The number of likely N-dealkylation sites (tertiary alicyclic amines) is 1. The summed E-state index contributed by atoms with van der Waals surface area (Å²) in [6.45, 7) is 5.25. The Balaban J connectivity index is 1.72. The number of piperidine rings is 2. The molecule has 2 fully saturated rings. The van der Waals surface area contributed by atoms with Gasteiger partial charge in [-0.2, -0.15) is 0 Å². The van der Waals surface area contributed by atoms with Crippen LogP contribution in [0.2, 0.25) is 0 Å². The van der Waals surface area contributed by atoms with Crippen molar-refractivity contribution in [1.82, 2.24) is 14.9 Å². The summed E-state index contributed by atoms with van der Waals surface area (Å²) in [4.78, 5) is 14.2. The van der Waals surface area contributed by atoms with Crippen molar-refractivity contribution in [3.05, 3.63) is 30.1 Å². The molecule has 0 spiro atoms. The highest BCUT2D eigenvalue weighted by Gasteiger charge is 2.46. The van der Waals surface area contributed by atoms with Crippen LogP contribution in [0.4, 0.5) is 5.82 Å². The minimum Gasteiger partial charge on any atom is -0.396 e. The van der Waals surface area contributed by atoms with Crippen molar-refractivity contribution in [3.8, 4) is 0 Å². The number of aliphatic hydroxyl groups excluding tert-OH is 1. The number of para-hydroxylation sites is 1. The number of anilines is 1. The Bertz CT molecular complexity index is 749. The maximum Gasteiger partial charge on any atom is 0.140 e. The van der Waals surface area contributed by atoms with Crippen molar-refractivity contribution >= 4 is 16.7 Å². The van der Waals surface area contributed by atoms with E-state index in [1.165, 1.54) is 6.42 Å². The largest absolute Gasteiger partial charge is 0.396 e. The molecule has 0 saturated carbocycles. The topological polar surface area (TPSA) is 52.5 Å². The number of hydrogen-bond acceptors (Lipinski definition) is 5. The van der Waals surface area contributed by atoms with E-state index in [1.54, 1.807) is 0 Å². The summed E-state index contributed by atoms with van der Waals surface area (Å²) >= 11 is 0. The van der Waals surface area contributed by atoms with Crippen molar-refractivity contribution in [1.29, 1.82) is 0 Å². The first-order valence-corrected chi connectivity index (χ1v) is 8.92. The average Bonchev–Trinajstić information content (AvgIpc) is 2.61. The van der Waals surface area contributed by atoms with Crippen molar-refractivity contribution in [2.24, 2.45) is 5.41 Å². The number of aliphatic hydroxyl groups is 1. The molecule has 0 bridgehead atoms. The Morgan fingerprint density at radius 2 is 2.04 bits per heavy atom.